The number of nitrogens with zero attached hydrogens (tertiary/aromatic N) is 1. The predicted molar refractivity (Wildman–Crippen MR) is 105 cm³/mol. The van der Waals surface area contributed by atoms with Crippen LogP contribution < -0.4 is 5.73 Å². The Morgan fingerprint density at radius 3 is 2.48 bits per heavy atom. The SMILES string of the molecule is CC1=C(N)C(=O)N(CC(C)O)C(=O)/C1=C/c1ccc(-c2ccc(Br)cc2)o1. The van der Waals surface area contributed by atoms with Crippen molar-refractivity contribution in [3.8, 4) is 11.3 Å². The second-order valence-electron chi connectivity index (χ2n) is 6.38. The fourth-order valence-corrected chi connectivity index (χ4v) is 3.06. The number of aliphatic hydroxyl groups excluding tert-OH is 1. The molecule has 3 N–H and O–H groups in total. The van der Waals surface area contributed by atoms with Gasteiger partial charge in [-0.15, -0.1) is 0 Å². The van der Waals surface area contributed by atoms with Crippen molar-refractivity contribution in [1.29, 1.82) is 0 Å². The van der Waals surface area contributed by atoms with Gasteiger partial charge >= 0.3 is 0 Å². The highest BCUT2D eigenvalue weighted by Gasteiger charge is 2.34. The first-order valence-corrected chi connectivity index (χ1v) is 9.15. The molecule has 1 aromatic heterocycles. The Kier molecular flexibility index (Phi) is 5.34. The van der Waals surface area contributed by atoms with Crippen molar-refractivity contribution in [2.24, 2.45) is 5.73 Å². The highest BCUT2D eigenvalue weighted by atomic mass is 79.9. The minimum Gasteiger partial charge on any atom is -0.457 e. The van der Waals surface area contributed by atoms with E-state index in [1.165, 1.54) is 6.92 Å². The summed E-state index contributed by atoms with van der Waals surface area (Å²) in [5.74, 6) is 0.0265. The van der Waals surface area contributed by atoms with E-state index in [1.54, 1.807) is 19.1 Å². The summed E-state index contributed by atoms with van der Waals surface area (Å²) < 4.78 is 6.79. The molecule has 0 radical (unpaired) electrons. The number of nitrogens with two attached hydrogens (primary N) is 1. The number of amides is 2. The zero-order chi connectivity index (χ0) is 19.7. The number of carbonyl (C=O) groups is 2. The first-order chi connectivity index (χ1) is 12.8. The van der Waals surface area contributed by atoms with Crippen molar-refractivity contribution in [2.45, 2.75) is 20.0 Å². The molecule has 1 aromatic carbocycles. The van der Waals surface area contributed by atoms with Gasteiger partial charge in [0.25, 0.3) is 11.8 Å². The van der Waals surface area contributed by atoms with Crippen molar-refractivity contribution < 1.29 is 19.1 Å². The third kappa shape index (κ3) is 3.89. The van der Waals surface area contributed by atoms with Crippen LogP contribution in [0.3, 0.4) is 0 Å². The standard InChI is InChI=1S/C20H19BrN2O4/c1-11(24)10-23-19(25)16(12(2)18(22)20(23)26)9-15-7-8-17(27-15)13-3-5-14(21)6-4-13/h3-9,11,24H,10,22H2,1-2H3/b16-9+. The maximum atomic E-state index is 12.7. The average Bonchev–Trinajstić information content (AvgIpc) is 3.10. The van der Waals surface area contributed by atoms with E-state index in [2.05, 4.69) is 15.9 Å². The molecule has 0 fully saturated rings. The number of halogens is 1. The van der Waals surface area contributed by atoms with Crippen LogP contribution in [0.15, 0.2) is 62.1 Å². The molecule has 2 amide bonds. The zero-order valence-corrected chi connectivity index (χ0v) is 16.5. The van der Waals surface area contributed by atoms with Crippen molar-refractivity contribution in [2.75, 3.05) is 6.54 Å². The Hall–Kier alpha value is -2.64. The van der Waals surface area contributed by atoms with Gasteiger partial charge in [-0.05, 0) is 49.8 Å². The van der Waals surface area contributed by atoms with Crippen molar-refractivity contribution in [1.82, 2.24) is 4.90 Å². The number of furan rings is 1. The largest absolute Gasteiger partial charge is 0.457 e. The van der Waals surface area contributed by atoms with Crippen LogP contribution in [0.5, 0.6) is 0 Å². The molecule has 0 saturated carbocycles. The summed E-state index contributed by atoms with van der Waals surface area (Å²) in [6, 6.07) is 11.2. The van der Waals surface area contributed by atoms with E-state index in [9.17, 15) is 14.7 Å². The Labute approximate surface area is 165 Å². The molecule has 2 heterocycles. The topological polar surface area (TPSA) is 96.8 Å². The van der Waals surface area contributed by atoms with Gasteiger partial charge in [-0.1, -0.05) is 28.1 Å². The van der Waals surface area contributed by atoms with Crippen LogP contribution in [-0.2, 0) is 9.59 Å². The molecular formula is C20H19BrN2O4. The fraction of sp³-hybridized carbons (Fsp3) is 0.200. The maximum absolute atomic E-state index is 12.7. The quantitative estimate of drug-likeness (QED) is 0.573. The van der Waals surface area contributed by atoms with Crippen molar-refractivity contribution in [3.05, 3.63) is 63.5 Å². The lowest BCUT2D eigenvalue weighted by Gasteiger charge is -2.28. The Morgan fingerprint density at radius 1 is 1.19 bits per heavy atom. The predicted octanol–water partition coefficient (Wildman–Crippen LogP) is 3.07. The molecule has 7 heteroatoms. The second kappa shape index (κ2) is 7.54. The van der Waals surface area contributed by atoms with Crippen molar-refractivity contribution in [3.63, 3.8) is 0 Å². The summed E-state index contributed by atoms with van der Waals surface area (Å²) in [7, 11) is 0. The summed E-state index contributed by atoms with van der Waals surface area (Å²) in [5.41, 5.74) is 7.43. The second-order valence-corrected chi connectivity index (χ2v) is 7.29. The van der Waals surface area contributed by atoms with Gasteiger partial charge in [0.15, 0.2) is 0 Å². The molecule has 140 valence electrons. The van der Waals surface area contributed by atoms with Gasteiger partial charge in [0.05, 0.1) is 12.6 Å². The summed E-state index contributed by atoms with van der Waals surface area (Å²) >= 11 is 3.39. The first kappa shape index (κ1) is 19.1. The maximum Gasteiger partial charge on any atom is 0.276 e. The molecule has 1 unspecified atom stereocenters. The molecule has 27 heavy (non-hydrogen) atoms. The van der Waals surface area contributed by atoms with Gasteiger partial charge in [0.2, 0.25) is 0 Å². The lowest BCUT2D eigenvalue weighted by Crippen LogP contribution is -2.47. The van der Waals surface area contributed by atoms with E-state index >= 15 is 0 Å². The molecule has 1 atom stereocenters. The number of imide groups is 1. The summed E-state index contributed by atoms with van der Waals surface area (Å²) in [5, 5.41) is 9.57. The van der Waals surface area contributed by atoms with Crippen LogP contribution in [0.4, 0.5) is 0 Å². The van der Waals surface area contributed by atoms with Gasteiger partial charge in [-0.25, -0.2) is 0 Å². The van der Waals surface area contributed by atoms with Crippen LogP contribution in [0.2, 0.25) is 0 Å². The fourth-order valence-electron chi connectivity index (χ4n) is 2.79. The lowest BCUT2D eigenvalue weighted by atomic mass is 9.98. The first-order valence-electron chi connectivity index (χ1n) is 8.36. The van der Waals surface area contributed by atoms with Crippen LogP contribution in [-0.4, -0.2) is 34.5 Å². The average molecular weight is 431 g/mol. The molecule has 0 saturated heterocycles. The van der Waals surface area contributed by atoms with Gasteiger partial charge in [-0.2, -0.15) is 0 Å². The number of rotatable bonds is 4. The lowest BCUT2D eigenvalue weighted by molar-refractivity contribution is -0.142. The van der Waals surface area contributed by atoms with Crippen LogP contribution in [0.1, 0.15) is 19.6 Å². The Balaban J connectivity index is 1.97. The number of β-amino-alcohol motifs (C(OH)–C–C–N with tert-alkyl or cyclic N) is 1. The highest BCUT2D eigenvalue weighted by Crippen LogP contribution is 2.28. The van der Waals surface area contributed by atoms with Crippen molar-refractivity contribution >= 4 is 33.8 Å². The molecule has 0 aliphatic carbocycles. The number of benzene rings is 1. The minimum atomic E-state index is -0.849. The summed E-state index contributed by atoms with van der Waals surface area (Å²) in [6.45, 7) is 3.00. The van der Waals surface area contributed by atoms with E-state index in [1.807, 2.05) is 30.3 Å². The molecule has 1 aliphatic heterocycles. The van der Waals surface area contributed by atoms with Gasteiger partial charge in [-0.3, -0.25) is 14.5 Å². The molecule has 0 bridgehead atoms. The normalized spacial score (nSPS) is 17.8. The minimum absolute atomic E-state index is 0.0128. The van der Waals surface area contributed by atoms with Gasteiger partial charge in [0.1, 0.15) is 17.2 Å². The van der Waals surface area contributed by atoms with Crippen LogP contribution in [0.25, 0.3) is 17.4 Å². The van der Waals surface area contributed by atoms with E-state index < -0.39 is 17.9 Å². The third-order valence-electron chi connectivity index (χ3n) is 4.25. The highest BCUT2D eigenvalue weighted by molar-refractivity contribution is 9.10. The molecule has 2 aromatic rings. The number of carbonyl (C=O) groups excluding carboxylic acids is 2. The molecule has 1 aliphatic rings. The monoisotopic (exact) mass is 430 g/mol. The van der Waals surface area contributed by atoms with Crippen LogP contribution >= 0.6 is 15.9 Å². The molecule has 0 spiro atoms. The number of hydrogen-bond acceptors (Lipinski definition) is 5. The van der Waals surface area contributed by atoms with E-state index in [0.29, 0.717) is 17.1 Å². The Bertz CT molecular complexity index is 955. The number of aliphatic hydroxyl groups is 1. The van der Waals surface area contributed by atoms with E-state index in [-0.39, 0.29) is 17.8 Å². The summed E-state index contributed by atoms with van der Waals surface area (Å²) in [4.78, 5) is 25.9. The third-order valence-corrected chi connectivity index (χ3v) is 4.78. The molecular weight excluding hydrogens is 412 g/mol. The molecule has 6 nitrogen and oxygen atoms in total. The van der Waals surface area contributed by atoms with Gasteiger partial charge < -0.3 is 15.3 Å². The molecule has 3 rings (SSSR count). The summed E-state index contributed by atoms with van der Waals surface area (Å²) in [6.07, 6.45) is 0.715. The van der Waals surface area contributed by atoms with E-state index in [4.69, 9.17) is 10.2 Å². The van der Waals surface area contributed by atoms with E-state index in [0.717, 1.165) is 14.9 Å². The smallest absolute Gasteiger partial charge is 0.276 e. The van der Waals surface area contributed by atoms with Gasteiger partial charge in [0, 0.05) is 15.6 Å². The zero-order valence-electron chi connectivity index (χ0n) is 14.9. The number of hydrogen-bond donors (Lipinski definition) is 2. The Morgan fingerprint density at radius 2 is 1.85 bits per heavy atom. The van der Waals surface area contributed by atoms with Crippen LogP contribution in [0, 0.1) is 0 Å².